The maximum absolute atomic E-state index is 11.1. The highest BCUT2D eigenvalue weighted by molar-refractivity contribution is 7.90. The standard InChI is InChI=1S/C12H19ClN2O2S/c1-9-10(5-3-6-11(9)13)12(15-14)7-4-8-18(2,16)17/h3,5-6,12,15H,4,7-8,14H2,1-2H3. The number of benzene rings is 1. The van der Waals surface area contributed by atoms with Crippen LogP contribution in [0.5, 0.6) is 0 Å². The summed E-state index contributed by atoms with van der Waals surface area (Å²) in [6, 6.07) is 5.56. The van der Waals surface area contributed by atoms with Gasteiger partial charge in [-0.1, -0.05) is 23.7 Å². The first kappa shape index (κ1) is 15.4. The van der Waals surface area contributed by atoms with Gasteiger partial charge in [0.1, 0.15) is 9.84 Å². The average molecular weight is 291 g/mol. The predicted octanol–water partition coefficient (Wildman–Crippen LogP) is 1.98. The molecule has 0 saturated heterocycles. The van der Waals surface area contributed by atoms with Gasteiger partial charge in [-0.25, -0.2) is 8.42 Å². The fourth-order valence-corrected chi connectivity index (χ4v) is 2.75. The SMILES string of the molecule is Cc1c(Cl)cccc1C(CCCS(C)(=O)=O)NN. The van der Waals surface area contributed by atoms with Crippen LogP contribution in [-0.4, -0.2) is 20.4 Å². The summed E-state index contributed by atoms with van der Waals surface area (Å²) < 4.78 is 22.2. The molecule has 3 N–H and O–H groups in total. The van der Waals surface area contributed by atoms with Gasteiger partial charge in [0.15, 0.2) is 0 Å². The minimum Gasteiger partial charge on any atom is -0.271 e. The lowest BCUT2D eigenvalue weighted by molar-refractivity contribution is 0.505. The molecule has 18 heavy (non-hydrogen) atoms. The predicted molar refractivity (Wildman–Crippen MR) is 75.2 cm³/mol. The lowest BCUT2D eigenvalue weighted by Crippen LogP contribution is -2.29. The van der Waals surface area contributed by atoms with Crippen LogP contribution >= 0.6 is 11.6 Å². The first-order chi connectivity index (χ1) is 8.35. The number of hydrogen-bond acceptors (Lipinski definition) is 4. The van der Waals surface area contributed by atoms with Gasteiger partial charge in [-0.15, -0.1) is 0 Å². The van der Waals surface area contributed by atoms with E-state index in [9.17, 15) is 8.42 Å². The first-order valence-corrected chi connectivity index (χ1v) is 8.18. The van der Waals surface area contributed by atoms with Crippen LogP contribution in [0.3, 0.4) is 0 Å². The fourth-order valence-electron chi connectivity index (χ4n) is 1.88. The fraction of sp³-hybridized carbons (Fsp3) is 0.500. The van der Waals surface area contributed by atoms with Crippen molar-refractivity contribution in [3.63, 3.8) is 0 Å². The molecule has 1 unspecified atom stereocenters. The van der Waals surface area contributed by atoms with Gasteiger partial charge in [0.25, 0.3) is 0 Å². The molecule has 0 heterocycles. The summed E-state index contributed by atoms with van der Waals surface area (Å²) in [4.78, 5) is 0. The van der Waals surface area contributed by atoms with Gasteiger partial charge in [-0.05, 0) is 37.0 Å². The molecule has 0 saturated carbocycles. The van der Waals surface area contributed by atoms with Gasteiger partial charge in [-0.2, -0.15) is 0 Å². The Morgan fingerprint density at radius 2 is 2.11 bits per heavy atom. The monoisotopic (exact) mass is 290 g/mol. The zero-order chi connectivity index (χ0) is 13.8. The van der Waals surface area contributed by atoms with E-state index >= 15 is 0 Å². The second-order valence-corrected chi connectivity index (χ2v) is 7.11. The van der Waals surface area contributed by atoms with E-state index in [-0.39, 0.29) is 11.8 Å². The Balaban J connectivity index is 2.75. The van der Waals surface area contributed by atoms with E-state index in [1.807, 2.05) is 25.1 Å². The van der Waals surface area contributed by atoms with Crippen molar-refractivity contribution in [1.29, 1.82) is 0 Å². The van der Waals surface area contributed by atoms with Crippen LogP contribution in [0.25, 0.3) is 0 Å². The molecule has 0 bridgehead atoms. The number of rotatable bonds is 6. The van der Waals surface area contributed by atoms with Crippen molar-refractivity contribution in [3.8, 4) is 0 Å². The highest BCUT2D eigenvalue weighted by Crippen LogP contribution is 2.26. The Morgan fingerprint density at radius 1 is 1.44 bits per heavy atom. The molecule has 1 rings (SSSR count). The van der Waals surface area contributed by atoms with Crippen molar-refractivity contribution in [2.24, 2.45) is 5.84 Å². The van der Waals surface area contributed by atoms with Crippen molar-refractivity contribution in [2.75, 3.05) is 12.0 Å². The quantitative estimate of drug-likeness (QED) is 0.621. The summed E-state index contributed by atoms with van der Waals surface area (Å²) in [5, 5.41) is 0.691. The second kappa shape index (κ2) is 6.52. The van der Waals surface area contributed by atoms with Gasteiger partial charge in [-0.3, -0.25) is 11.3 Å². The lowest BCUT2D eigenvalue weighted by Gasteiger charge is -2.19. The Hall–Kier alpha value is -0.620. The smallest absolute Gasteiger partial charge is 0.147 e. The van der Waals surface area contributed by atoms with Gasteiger partial charge >= 0.3 is 0 Å². The van der Waals surface area contributed by atoms with Crippen LogP contribution in [0.2, 0.25) is 5.02 Å². The molecule has 1 aromatic rings. The van der Waals surface area contributed by atoms with Crippen LogP contribution in [-0.2, 0) is 9.84 Å². The third kappa shape index (κ3) is 4.57. The molecule has 0 aliphatic heterocycles. The number of sulfone groups is 1. The van der Waals surface area contributed by atoms with Crippen LogP contribution in [0.1, 0.15) is 30.0 Å². The molecule has 0 aliphatic carbocycles. The Labute approximate surface area is 113 Å². The summed E-state index contributed by atoms with van der Waals surface area (Å²) in [5.74, 6) is 5.70. The topological polar surface area (TPSA) is 72.2 Å². The maximum Gasteiger partial charge on any atom is 0.147 e. The average Bonchev–Trinajstić information content (AvgIpc) is 2.27. The van der Waals surface area contributed by atoms with Crippen molar-refractivity contribution in [1.82, 2.24) is 5.43 Å². The molecule has 0 aromatic heterocycles. The van der Waals surface area contributed by atoms with Gasteiger partial charge in [0.2, 0.25) is 0 Å². The zero-order valence-electron chi connectivity index (χ0n) is 10.6. The largest absolute Gasteiger partial charge is 0.271 e. The summed E-state index contributed by atoms with van der Waals surface area (Å²) in [6.45, 7) is 1.93. The maximum atomic E-state index is 11.1. The van der Waals surface area contributed by atoms with E-state index < -0.39 is 9.84 Å². The van der Waals surface area contributed by atoms with E-state index in [1.165, 1.54) is 6.26 Å². The summed E-state index contributed by atoms with van der Waals surface area (Å²) in [7, 11) is -2.92. The van der Waals surface area contributed by atoms with E-state index in [4.69, 9.17) is 17.4 Å². The molecule has 102 valence electrons. The van der Waals surface area contributed by atoms with E-state index in [0.29, 0.717) is 17.9 Å². The van der Waals surface area contributed by atoms with Gasteiger partial charge in [0.05, 0.1) is 0 Å². The number of nitrogens with two attached hydrogens (primary N) is 1. The Bertz CT molecular complexity index is 503. The summed E-state index contributed by atoms with van der Waals surface area (Å²) >= 11 is 6.06. The lowest BCUT2D eigenvalue weighted by atomic mass is 9.98. The van der Waals surface area contributed by atoms with Crippen molar-refractivity contribution >= 4 is 21.4 Å². The molecular formula is C12H19ClN2O2S. The first-order valence-electron chi connectivity index (χ1n) is 5.74. The number of hydrazine groups is 1. The molecule has 0 radical (unpaired) electrons. The third-order valence-electron chi connectivity index (χ3n) is 2.89. The van der Waals surface area contributed by atoms with E-state index in [1.54, 1.807) is 0 Å². The second-order valence-electron chi connectivity index (χ2n) is 4.45. The summed E-state index contributed by atoms with van der Waals surface area (Å²) in [5.41, 5.74) is 4.71. The molecular weight excluding hydrogens is 272 g/mol. The van der Waals surface area contributed by atoms with Crippen molar-refractivity contribution in [2.45, 2.75) is 25.8 Å². The van der Waals surface area contributed by atoms with Crippen molar-refractivity contribution in [3.05, 3.63) is 34.3 Å². The zero-order valence-corrected chi connectivity index (χ0v) is 12.2. The van der Waals surface area contributed by atoms with Crippen LogP contribution < -0.4 is 11.3 Å². The molecule has 0 spiro atoms. The Kier molecular flexibility index (Phi) is 5.59. The third-order valence-corrected chi connectivity index (χ3v) is 4.33. The molecule has 1 aromatic carbocycles. The van der Waals surface area contributed by atoms with Gasteiger partial charge in [0, 0.05) is 23.1 Å². The molecule has 4 nitrogen and oxygen atoms in total. The molecule has 0 fully saturated rings. The highest BCUT2D eigenvalue weighted by atomic mass is 35.5. The van der Waals surface area contributed by atoms with Crippen molar-refractivity contribution < 1.29 is 8.42 Å². The van der Waals surface area contributed by atoms with Gasteiger partial charge < -0.3 is 0 Å². The normalized spacial score (nSPS) is 13.6. The number of nitrogens with one attached hydrogen (secondary N) is 1. The minimum absolute atomic E-state index is 0.0783. The molecule has 0 amide bonds. The molecule has 1 atom stereocenters. The molecule has 6 heteroatoms. The number of halogens is 1. The number of hydrogen-bond donors (Lipinski definition) is 2. The van der Waals surface area contributed by atoms with Crippen LogP contribution in [0, 0.1) is 6.92 Å². The minimum atomic E-state index is -2.92. The van der Waals surface area contributed by atoms with E-state index in [0.717, 1.165) is 11.1 Å². The Morgan fingerprint density at radius 3 is 2.67 bits per heavy atom. The van der Waals surface area contributed by atoms with Crippen LogP contribution in [0.15, 0.2) is 18.2 Å². The summed E-state index contributed by atoms with van der Waals surface area (Å²) in [6.07, 6.45) is 2.47. The van der Waals surface area contributed by atoms with Crippen LogP contribution in [0.4, 0.5) is 0 Å². The highest BCUT2D eigenvalue weighted by Gasteiger charge is 2.14. The molecule has 0 aliphatic rings. The van der Waals surface area contributed by atoms with E-state index in [2.05, 4.69) is 5.43 Å².